The molecule has 1 aliphatic heterocycles. The van der Waals surface area contributed by atoms with Crippen LogP contribution in [0.5, 0.6) is 0 Å². The zero-order valence-corrected chi connectivity index (χ0v) is 15.4. The molecule has 0 unspecified atom stereocenters. The fraction of sp³-hybridized carbons (Fsp3) is 0.278. The van der Waals surface area contributed by atoms with Crippen molar-refractivity contribution < 1.29 is 9.18 Å². The van der Waals surface area contributed by atoms with Crippen molar-refractivity contribution in [3.8, 4) is 11.4 Å². The lowest BCUT2D eigenvalue weighted by atomic mass is 10.1. The number of hydrogen-bond acceptors (Lipinski definition) is 4. The lowest BCUT2D eigenvalue weighted by molar-refractivity contribution is 0.103. The SMILES string of the molecule is O=C(Nc1ccc(F)c(-c2nnc3n2CCCCC3)c1)c1ccc(Cl)s1. The number of nitrogens with zero attached hydrogens (tertiary/aromatic N) is 3. The molecular formula is C18H16ClFN4OS. The van der Waals surface area contributed by atoms with Gasteiger partial charge in [-0.15, -0.1) is 21.5 Å². The van der Waals surface area contributed by atoms with Crippen molar-refractivity contribution in [2.24, 2.45) is 0 Å². The standard InChI is InChI=1S/C18H16ClFN4OS/c19-15-8-7-14(26-15)18(25)21-11-5-6-13(20)12(10-11)17-23-22-16-4-2-1-3-9-24(16)17/h5-8,10H,1-4,9H2,(H,21,25). The van der Waals surface area contributed by atoms with Gasteiger partial charge in [0, 0.05) is 18.7 Å². The van der Waals surface area contributed by atoms with Crippen LogP contribution in [0.1, 0.15) is 34.8 Å². The Hall–Kier alpha value is -2.25. The summed E-state index contributed by atoms with van der Waals surface area (Å²) >= 11 is 7.07. The second-order valence-electron chi connectivity index (χ2n) is 6.15. The van der Waals surface area contributed by atoms with E-state index in [1.807, 2.05) is 4.57 Å². The number of aryl methyl sites for hydroxylation is 1. The molecule has 0 spiro atoms. The second-order valence-corrected chi connectivity index (χ2v) is 7.87. The molecule has 134 valence electrons. The molecule has 26 heavy (non-hydrogen) atoms. The van der Waals surface area contributed by atoms with E-state index in [2.05, 4.69) is 15.5 Å². The van der Waals surface area contributed by atoms with Crippen LogP contribution in [0.25, 0.3) is 11.4 Å². The first-order valence-electron chi connectivity index (χ1n) is 8.40. The molecule has 1 aromatic carbocycles. The van der Waals surface area contributed by atoms with Gasteiger partial charge in [0.25, 0.3) is 5.91 Å². The second kappa shape index (κ2) is 7.17. The molecule has 1 amide bonds. The Balaban J connectivity index is 1.65. The molecular weight excluding hydrogens is 375 g/mol. The fourth-order valence-electron chi connectivity index (χ4n) is 3.09. The molecule has 4 rings (SSSR count). The van der Waals surface area contributed by atoms with Crippen molar-refractivity contribution >= 4 is 34.5 Å². The summed E-state index contributed by atoms with van der Waals surface area (Å²) in [6.45, 7) is 0.779. The van der Waals surface area contributed by atoms with Crippen LogP contribution in [-0.2, 0) is 13.0 Å². The summed E-state index contributed by atoms with van der Waals surface area (Å²) in [5, 5.41) is 11.2. The lowest BCUT2D eigenvalue weighted by Crippen LogP contribution is -2.10. The number of carbonyl (C=O) groups excluding carboxylic acids is 1. The molecule has 5 nitrogen and oxygen atoms in total. The number of nitrogens with one attached hydrogen (secondary N) is 1. The van der Waals surface area contributed by atoms with Gasteiger partial charge in [0.2, 0.25) is 0 Å². The minimum absolute atomic E-state index is 0.278. The summed E-state index contributed by atoms with van der Waals surface area (Å²) in [6, 6.07) is 7.80. The molecule has 0 aliphatic carbocycles. The number of hydrogen-bond donors (Lipinski definition) is 1. The van der Waals surface area contributed by atoms with Gasteiger partial charge in [-0.3, -0.25) is 4.79 Å². The molecule has 0 saturated heterocycles. The maximum Gasteiger partial charge on any atom is 0.265 e. The molecule has 2 aromatic heterocycles. The molecule has 1 aliphatic rings. The van der Waals surface area contributed by atoms with Crippen LogP contribution in [0.15, 0.2) is 30.3 Å². The van der Waals surface area contributed by atoms with Gasteiger partial charge in [0.15, 0.2) is 5.82 Å². The van der Waals surface area contributed by atoms with Gasteiger partial charge in [0.1, 0.15) is 11.6 Å². The number of benzene rings is 1. The van der Waals surface area contributed by atoms with Crippen molar-refractivity contribution in [1.29, 1.82) is 0 Å². The summed E-state index contributed by atoms with van der Waals surface area (Å²) < 4.78 is 17.0. The third-order valence-electron chi connectivity index (χ3n) is 4.37. The Kier molecular flexibility index (Phi) is 4.74. The molecule has 0 bridgehead atoms. The van der Waals surface area contributed by atoms with Crippen LogP contribution < -0.4 is 5.32 Å². The zero-order valence-electron chi connectivity index (χ0n) is 13.8. The summed E-state index contributed by atoms with van der Waals surface area (Å²) in [6.07, 6.45) is 4.07. The third-order valence-corrected chi connectivity index (χ3v) is 5.60. The molecule has 0 atom stereocenters. The molecule has 0 saturated carbocycles. The van der Waals surface area contributed by atoms with Crippen molar-refractivity contribution in [3.05, 3.63) is 51.2 Å². The molecule has 1 N–H and O–H groups in total. The van der Waals surface area contributed by atoms with Gasteiger partial charge in [-0.2, -0.15) is 0 Å². The summed E-state index contributed by atoms with van der Waals surface area (Å²) in [5.41, 5.74) is 0.842. The van der Waals surface area contributed by atoms with E-state index in [0.29, 0.717) is 26.3 Å². The van der Waals surface area contributed by atoms with E-state index in [0.717, 1.165) is 38.1 Å². The summed E-state index contributed by atoms with van der Waals surface area (Å²) in [4.78, 5) is 12.8. The molecule has 0 fully saturated rings. The quantitative estimate of drug-likeness (QED) is 0.700. The van der Waals surface area contributed by atoms with E-state index >= 15 is 0 Å². The van der Waals surface area contributed by atoms with Crippen molar-refractivity contribution in [3.63, 3.8) is 0 Å². The van der Waals surface area contributed by atoms with Crippen LogP contribution in [0.3, 0.4) is 0 Å². The van der Waals surface area contributed by atoms with Crippen molar-refractivity contribution in [2.75, 3.05) is 5.32 Å². The Morgan fingerprint density at radius 3 is 2.88 bits per heavy atom. The minimum Gasteiger partial charge on any atom is -0.321 e. The average Bonchev–Trinajstić information content (AvgIpc) is 3.16. The van der Waals surface area contributed by atoms with Gasteiger partial charge in [-0.1, -0.05) is 18.0 Å². The first-order valence-corrected chi connectivity index (χ1v) is 9.60. The highest BCUT2D eigenvalue weighted by atomic mass is 35.5. The van der Waals surface area contributed by atoms with Gasteiger partial charge in [0.05, 0.1) is 14.8 Å². The normalized spacial score (nSPS) is 13.9. The van der Waals surface area contributed by atoms with Crippen molar-refractivity contribution in [2.45, 2.75) is 32.2 Å². The Bertz CT molecular complexity index is 968. The van der Waals surface area contributed by atoms with E-state index in [4.69, 9.17) is 11.6 Å². The average molecular weight is 391 g/mol. The van der Waals surface area contributed by atoms with Gasteiger partial charge in [-0.25, -0.2) is 4.39 Å². The smallest absolute Gasteiger partial charge is 0.265 e. The van der Waals surface area contributed by atoms with E-state index in [9.17, 15) is 9.18 Å². The molecule has 8 heteroatoms. The molecule has 3 aromatic rings. The summed E-state index contributed by atoms with van der Waals surface area (Å²) in [7, 11) is 0. The number of anilines is 1. The number of amides is 1. The number of fused-ring (bicyclic) bond motifs is 1. The van der Waals surface area contributed by atoms with Crippen molar-refractivity contribution in [1.82, 2.24) is 14.8 Å². The minimum atomic E-state index is -0.387. The highest BCUT2D eigenvalue weighted by Crippen LogP contribution is 2.28. The van der Waals surface area contributed by atoms with Gasteiger partial charge < -0.3 is 9.88 Å². The number of thiophene rings is 1. The van der Waals surface area contributed by atoms with Crippen LogP contribution in [0.4, 0.5) is 10.1 Å². The Morgan fingerprint density at radius 1 is 1.19 bits per heavy atom. The van der Waals surface area contributed by atoms with E-state index in [1.54, 1.807) is 18.2 Å². The first kappa shape index (κ1) is 17.2. The predicted octanol–water partition coefficient (Wildman–Crippen LogP) is 4.78. The molecule has 3 heterocycles. The number of halogens is 2. The Labute approximate surface area is 158 Å². The van der Waals surface area contributed by atoms with Crippen LogP contribution in [0.2, 0.25) is 4.34 Å². The maximum atomic E-state index is 14.5. The predicted molar refractivity (Wildman–Crippen MR) is 100 cm³/mol. The fourth-order valence-corrected chi connectivity index (χ4v) is 4.03. The van der Waals surface area contributed by atoms with Crippen LogP contribution in [-0.4, -0.2) is 20.7 Å². The largest absolute Gasteiger partial charge is 0.321 e. The third kappa shape index (κ3) is 3.37. The summed E-state index contributed by atoms with van der Waals surface area (Å²) in [5.74, 6) is 0.732. The first-order chi connectivity index (χ1) is 12.6. The van der Waals surface area contributed by atoms with Crippen LogP contribution in [0, 0.1) is 5.82 Å². The maximum absolute atomic E-state index is 14.5. The monoisotopic (exact) mass is 390 g/mol. The highest BCUT2D eigenvalue weighted by molar-refractivity contribution is 7.18. The lowest BCUT2D eigenvalue weighted by Gasteiger charge is -2.10. The van der Waals surface area contributed by atoms with Gasteiger partial charge in [-0.05, 0) is 43.2 Å². The number of carbonyl (C=O) groups is 1. The molecule has 0 radical (unpaired) electrons. The number of aromatic nitrogens is 3. The van der Waals surface area contributed by atoms with Gasteiger partial charge >= 0.3 is 0 Å². The van der Waals surface area contributed by atoms with Crippen LogP contribution >= 0.6 is 22.9 Å². The topological polar surface area (TPSA) is 59.8 Å². The number of rotatable bonds is 3. The zero-order chi connectivity index (χ0) is 18.1. The van der Waals surface area contributed by atoms with E-state index < -0.39 is 0 Å². The van der Waals surface area contributed by atoms with E-state index in [1.165, 1.54) is 23.5 Å². The Morgan fingerprint density at radius 2 is 2.08 bits per heavy atom. The highest BCUT2D eigenvalue weighted by Gasteiger charge is 2.19. The van der Waals surface area contributed by atoms with E-state index in [-0.39, 0.29) is 11.7 Å².